The van der Waals surface area contributed by atoms with Crippen molar-refractivity contribution < 1.29 is 22.7 Å². The molecule has 164 valence electrons. The third-order valence-electron chi connectivity index (χ3n) is 5.21. The van der Waals surface area contributed by atoms with E-state index in [1.54, 1.807) is 10.9 Å². The quantitative estimate of drug-likeness (QED) is 0.364. The molecule has 0 bridgehead atoms. The fourth-order valence-corrected chi connectivity index (χ4v) is 4.15. The van der Waals surface area contributed by atoms with E-state index >= 15 is 0 Å². The van der Waals surface area contributed by atoms with Gasteiger partial charge in [-0.1, -0.05) is 0 Å². The Hall–Kier alpha value is -2.66. The van der Waals surface area contributed by atoms with Gasteiger partial charge >= 0.3 is 0 Å². The predicted octanol–water partition coefficient (Wildman–Crippen LogP) is 4.69. The molecule has 3 aromatic heterocycles. The maximum atomic E-state index is 14.5. The maximum Gasteiger partial charge on any atom is 0.290 e. The van der Waals surface area contributed by atoms with Crippen LogP contribution in [0.1, 0.15) is 49.1 Å². The summed E-state index contributed by atoms with van der Waals surface area (Å²) < 4.78 is 41.7. The Morgan fingerprint density at radius 2 is 2.06 bits per heavy atom. The van der Waals surface area contributed by atoms with Crippen molar-refractivity contribution in [2.45, 2.75) is 44.8 Å². The molecule has 1 saturated carbocycles. The Kier molecular flexibility index (Phi) is 6.42. The largest absolute Gasteiger partial charge is 0.451 e. The molecule has 0 radical (unpaired) electrons. The van der Waals surface area contributed by atoms with E-state index in [0.29, 0.717) is 6.61 Å². The van der Waals surface area contributed by atoms with Crippen molar-refractivity contribution in [2.24, 2.45) is 0 Å². The second kappa shape index (κ2) is 9.23. The number of rotatable bonds is 6. The van der Waals surface area contributed by atoms with Gasteiger partial charge in [-0.2, -0.15) is 9.49 Å². The molecule has 1 aliphatic carbocycles. The highest BCUT2D eigenvalue weighted by molar-refractivity contribution is 9.10. The highest BCUT2D eigenvalue weighted by Crippen LogP contribution is 2.37. The van der Waals surface area contributed by atoms with E-state index in [1.165, 1.54) is 6.26 Å². The zero-order valence-electron chi connectivity index (χ0n) is 16.7. The molecule has 0 aromatic carbocycles. The molecule has 0 atom stereocenters. The zero-order chi connectivity index (χ0) is 22.0. The highest BCUT2D eigenvalue weighted by atomic mass is 79.9. The van der Waals surface area contributed by atoms with Crippen LogP contribution in [0.25, 0.3) is 11.4 Å². The molecule has 0 spiro atoms. The van der Waals surface area contributed by atoms with Crippen LogP contribution in [0.5, 0.6) is 0 Å². The number of pyridine rings is 1. The van der Waals surface area contributed by atoms with Gasteiger partial charge in [0.15, 0.2) is 17.9 Å². The standard InChI is InChI=1S/C20H20BrF2N5O3/c1-2-31-13-5-3-12(4-6-13)27-9-16(28(21)20(29)15-10-30-11-24-15)19(26-27)18-14(22)7-8-17(23)25-18/h7-13H,2-6H2,1H3. The minimum atomic E-state index is -0.849. The number of carbonyl (C=O) groups excluding carboxylic acids is 1. The van der Waals surface area contributed by atoms with Crippen molar-refractivity contribution in [1.29, 1.82) is 0 Å². The van der Waals surface area contributed by atoms with Gasteiger partial charge in [0.05, 0.1) is 34.5 Å². The zero-order valence-corrected chi connectivity index (χ0v) is 18.3. The van der Waals surface area contributed by atoms with E-state index in [4.69, 9.17) is 9.15 Å². The monoisotopic (exact) mass is 495 g/mol. The SMILES string of the molecule is CCOC1CCC(n2cc(N(Br)C(=O)c3cocn3)c(-c3nc(F)ccc3F)n2)CC1. The van der Waals surface area contributed by atoms with Crippen LogP contribution in [-0.2, 0) is 4.74 Å². The normalized spacial score (nSPS) is 18.8. The van der Waals surface area contributed by atoms with Crippen LogP contribution < -0.4 is 3.93 Å². The number of hydrogen-bond donors (Lipinski definition) is 0. The molecule has 0 aliphatic heterocycles. The molecule has 1 fully saturated rings. The molecular formula is C20H20BrF2N5O3. The third kappa shape index (κ3) is 4.52. The molecule has 1 amide bonds. The maximum absolute atomic E-state index is 14.5. The molecule has 0 saturated heterocycles. The van der Waals surface area contributed by atoms with Crippen LogP contribution in [0.3, 0.4) is 0 Å². The fourth-order valence-electron chi connectivity index (χ4n) is 3.71. The van der Waals surface area contributed by atoms with Gasteiger partial charge in [-0.15, -0.1) is 0 Å². The van der Waals surface area contributed by atoms with Gasteiger partial charge in [0.25, 0.3) is 5.91 Å². The minimum Gasteiger partial charge on any atom is -0.451 e. The lowest BCUT2D eigenvalue weighted by Gasteiger charge is -2.28. The summed E-state index contributed by atoms with van der Waals surface area (Å²) in [5.41, 5.74) is 0.0178. The number of anilines is 1. The summed E-state index contributed by atoms with van der Waals surface area (Å²) >= 11 is 3.22. The van der Waals surface area contributed by atoms with E-state index in [-0.39, 0.29) is 34.9 Å². The first-order chi connectivity index (χ1) is 15.0. The van der Waals surface area contributed by atoms with Gasteiger partial charge in [0.2, 0.25) is 5.95 Å². The van der Waals surface area contributed by atoms with Crippen molar-refractivity contribution in [3.63, 3.8) is 0 Å². The van der Waals surface area contributed by atoms with Crippen molar-refractivity contribution in [3.05, 3.63) is 48.4 Å². The first-order valence-electron chi connectivity index (χ1n) is 9.89. The lowest BCUT2D eigenvalue weighted by atomic mass is 9.93. The first-order valence-corrected chi connectivity index (χ1v) is 10.6. The summed E-state index contributed by atoms with van der Waals surface area (Å²) in [5, 5.41) is 4.50. The molecule has 11 heteroatoms. The van der Waals surface area contributed by atoms with E-state index in [1.807, 2.05) is 6.92 Å². The molecule has 0 N–H and O–H groups in total. The summed E-state index contributed by atoms with van der Waals surface area (Å²) in [6.45, 7) is 2.63. The number of oxazole rings is 1. The highest BCUT2D eigenvalue weighted by Gasteiger charge is 2.29. The van der Waals surface area contributed by atoms with Crippen molar-refractivity contribution in [1.82, 2.24) is 19.7 Å². The smallest absolute Gasteiger partial charge is 0.290 e. The number of nitrogens with zero attached hydrogens (tertiary/aromatic N) is 5. The summed E-state index contributed by atoms with van der Waals surface area (Å²) in [4.78, 5) is 20.3. The van der Waals surface area contributed by atoms with E-state index in [9.17, 15) is 13.6 Å². The minimum absolute atomic E-state index is 0.0314. The van der Waals surface area contributed by atoms with Gasteiger partial charge in [0, 0.05) is 6.61 Å². The molecule has 1 aliphatic rings. The summed E-state index contributed by atoms with van der Waals surface area (Å²) in [5.74, 6) is -2.15. The van der Waals surface area contributed by atoms with Crippen LogP contribution in [0.2, 0.25) is 0 Å². The van der Waals surface area contributed by atoms with Crippen LogP contribution in [0, 0.1) is 11.8 Å². The number of amides is 1. The van der Waals surface area contributed by atoms with Crippen LogP contribution in [-0.4, -0.2) is 38.4 Å². The Morgan fingerprint density at radius 1 is 1.29 bits per heavy atom. The van der Waals surface area contributed by atoms with Crippen LogP contribution in [0.15, 0.2) is 35.4 Å². The number of carbonyl (C=O) groups is 1. The average Bonchev–Trinajstić information content (AvgIpc) is 3.46. The lowest BCUT2D eigenvalue weighted by molar-refractivity contribution is 0.0260. The number of aromatic nitrogens is 4. The van der Waals surface area contributed by atoms with Gasteiger partial charge in [-0.3, -0.25) is 9.48 Å². The number of ether oxygens (including phenoxy) is 1. The van der Waals surface area contributed by atoms with Crippen molar-refractivity contribution in [2.75, 3.05) is 10.5 Å². The number of hydrogen-bond acceptors (Lipinski definition) is 6. The Bertz CT molecular complexity index is 1050. The van der Waals surface area contributed by atoms with E-state index in [0.717, 1.165) is 48.1 Å². The average molecular weight is 496 g/mol. The molecule has 0 unspecified atom stereocenters. The van der Waals surface area contributed by atoms with E-state index in [2.05, 4.69) is 31.2 Å². The van der Waals surface area contributed by atoms with Gasteiger partial charge in [-0.05, 0) is 44.7 Å². The third-order valence-corrected chi connectivity index (χ3v) is 5.91. The lowest BCUT2D eigenvalue weighted by Crippen LogP contribution is -2.24. The van der Waals surface area contributed by atoms with Crippen LogP contribution in [0.4, 0.5) is 14.5 Å². The van der Waals surface area contributed by atoms with Crippen molar-refractivity contribution >= 4 is 27.7 Å². The predicted molar refractivity (Wildman–Crippen MR) is 111 cm³/mol. The van der Waals surface area contributed by atoms with Crippen LogP contribution >= 0.6 is 16.1 Å². The molecule has 8 nitrogen and oxygen atoms in total. The summed E-state index contributed by atoms with van der Waals surface area (Å²) in [6.07, 6.45) is 7.50. The molecule has 3 heterocycles. The second-order valence-electron chi connectivity index (χ2n) is 7.15. The van der Waals surface area contributed by atoms with E-state index < -0.39 is 17.7 Å². The fraction of sp³-hybridized carbons (Fsp3) is 0.400. The topological polar surface area (TPSA) is 86.3 Å². The van der Waals surface area contributed by atoms with Gasteiger partial charge in [-0.25, -0.2) is 18.3 Å². The van der Waals surface area contributed by atoms with Gasteiger partial charge in [0.1, 0.15) is 23.3 Å². The van der Waals surface area contributed by atoms with Crippen molar-refractivity contribution in [3.8, 4) is 11.4 Å². The first kappa shape index (κ1) is 21.6. The summed E-state index contributed by atoms with van der Waals surface area (Å²) in [7, 11) is 0. The molecule has 4 rings (SSSR count). The molecular weight excluding hydrogens is 476 g/mol. The van der Waals surface area contributed by atoms with Gasteiger partial charge < -0.3 is 9.15 Å². The second-order valence-corrected chi connectivity index (χ2v) is 7.86. The molecule has 3 aromatic rings. The Morgan fingerprint density at radius 3 is 2.74 bits per heavy atom. The summed E-state index contributed by atoms with van der Waals surface area (Å²) in [6, 6.07) is 1.94. The Balaban J connectivity index is 1.70. The Labute approximate surface area is 185 Å². The molecule has 31 heavy (non-hydrogen) atoms. The number of halogens is 3.